The van der Waals surface area contributed by atoms with Gasteiger partial charge in [0, 0.05) is 21.7 Å². The van der Waals surface area contributed by atoms with Crippen molar-refractivity contribution in [1.29, 1.82) is 0 Å². The maximum absolute atomic E-state index is 5.98. The van der Waals surface area contributed by atoms with Gasteiger partial charge in [0.1, 0.15) is 12.4 Å². The van der Waals surface area contributed by atoms with Crippen molar-refractivity contribution in [2.45, 2.75) is 20.1 Å². The number of benzene rings is 3. The Hall–Kier alpha value is -1.01. The molecule has 6 heteroatoms. The van der Waals surface area contributed by atoms with Crippen LogP contribution in [0.1, 0.15) is 16.7 Å². The van der Waals surface area contributed by atoms with Gasteiger partial charge in [-0.05, 0) is 97.9 Å². The maximum Gasteiger partial charge on any atom is 0.148 e. The van der Waals surface area contributed by atoms with Gasteiger partial charge in [0.2, 0.25) is 0 Å². The van der Waals surface area contributed by atoms with E-state index in [0.717, 1.165) is 47.5 Å². The third kappa shape index (κ3) is 5.74. The number of anilines is 1. The normalized spacial score (nSPS) is 10.7. The zero-order valence-corrected chi connectivity index (χ0v) is 20.0. The van der Waals surface area contributed by atoms with Crippen molar-refractivity contribution in [1.82, 2.24) is 0 Å². The lowest BCUT2D eigenvalue weighted by molar-refractivity contribution is 0.302. The van der Waals surface area contributed by atoms with E-state index in [4.69, 9.17) is 16.3 Å². The first-order chi connectivity index (χ1) is 12.9. The Morgan fingerprint density at radius 3 is 2.19 bits per heavy atom. The molecule has 3 rings (SSSR count). The van der Waals surface area contributed by atoms with E-state index >= 15 is 0 Å². The van der Waals surface area contributed by atoms with Crippen LogP contribution in [-0.4, -0.2) is 0 Å². The van der Waals surface area contributed by atoms with E-state index in [1.165, 1.54) is 5.56 Å². The summed E-state index contributed by atoms with van der Waals surface area (Å²) in [5.41, 5.74) is 4.53. The molecule has 1 N–H and O–H groups in total. The van der Waals surface area contributed by atoms with Crippen molar-refractivity contribution < 1.29 is 4.74 Å². The number of nitrogens with one attached hydrogen (secondary N) is 1. The van der Waals surface area contributed by atoms with Gasteiger partial charge < -0.3 is 10.1 Å². The van der Waals surface area contributed by atoms with Crippen molar-refractivity contribution >= 4 is 65.1 Å². The molecule has 140 valence electrons. The topological polar surface area (TPSA) is 21.3 Å². The van der Waals surface area contributed by atoms with Crippen molar-refractivity contribution in [3.05, 3.63) is 89.7 Å². The summed E-state index contributed by atoms with van der Waals surface area (Å²) in [6.07, 6.45) is 0. The number of aryl methyl sites for hydroxylation is 1. The minimum atomic E-state index is 0.476. The highest BCUT2D eigenvalue weighted by molar-refractivity contribution is 9.11. The quantitative estimate of drug-likeness (QED) is 0.321. The van der Waals surface area contributed by atoms with E-state index in [1.54, 1.807) is 0 Å². The zero-order chi connectivity index (χ0) is 19.4. The van der Waals surface area contributed by atoms with E-state index in [1.807, 2.05) is 30.3 Å². The van der Waals surface area contributed by atoms with Crippen LogP contribution >= 0.6 is 59.4 Å². The van der Waals surface area contributed by atoms with E-state index in [-0.39, 0.29) is 0 Å². The molecule has 0 heterocycles. The van der Waals surface area contributed by atoms with E-state index in [2.05, 4.69) is 84.3 Å². The van der Waals surface area contributed by atoms with Crippen LogP contribution in [0.15, 0.2) is 68.0 Å². The first-order valence-corrected chi connectivity index (χ1v) is 11.0. The first kappa shape index (κ1) is 20.7. The molecule has 0 aliphatic rings. The molecule has 0 atom stereocenters. The van der Waals surface area contributed by atoms with Crippen LogP contribution in [-0.2, 0) is 13.2 Å². The van der Waals surface area contributed by atoms with E-state index in [9.17, 15) is 0 Å². The lowest BCUT2D eigenvalue weighted by Gasteiger charge is -2.14. The van der Waals surface area contributed by atoms with Crippen LogP contribution in [0.5, 0.6) is 5.75 Å². The number of hydrogen-bond donors (Lipinski definition) is 1. The molecular weight excluding hydrogens is 557 g/mol. The van der Waals surface area contributed by atoms with Gasteiger partial charge in [-0.1, -0.05) is 39.7 Å². The standard InChI is InChI=1S/C21H17Br3ClNO/c1-13-8-16(22)4-7-20(13)26-11-15-9-18(23)21(19(24)10-15)27-12-14-2-5-17(25)6-3-14/h2-10,26H,11-12H2,1H3. The molecule has 0 saturated heterocycles. The van der Waals surface area contributed by atoms with E-state index in [0.29, 0.717) is 6.61 Å². The summed E-state index contributed by atoms with van der Waals surface area (Å²) in [5, 5.41) is 4.20. The van der Waals surface area contributed by atoms with Crippen molar-refractivity contribution in [2.75, 3.05) is 5.32 Å². The molecule has 0 spiro atoms. The van der Waals surface area contributed by atoms with Gasteiger partial charge in [-0.25, -0.2) is 0 Å². The first-order valence-electron chi connectivity index (χ1n) is 8.27. The van der Waals surface area contributed by atoms with Crippen LogP contribution in [0, 0.1) is 6.92 Å². The number of halogens is 4. The van der Waals surface area contributed by atoms with Gasteiger partial charge in [0.15, 0.2) is 0 Å². The largest absolute Gasteiger partial charge is 0.487 e. The third-order valence-corrected chi connectivity index (χ3v) is 5.95. The predicted octanol–water partition coefficient (Wildman–Crippen LogP) is 8.13. The molecular formula is C21H17Br3ClNO. The van der Waals surface area contributed by atoms with Crippen LogP contribution in [0.2, 0.25) is 5.02 Å². The molecule has 0 bridgehead atoms. The van der Waals surface area contributed by atoms with Crippen molar-refractivity contribution in [3.63, 3.8) is 0 Å². The fourth-order valence-corrected chi connectivity index (χ4v) is 4.72. The summed E-state index contributed by atoms with van der Waals surface area (Å²) >= 11 is 16.7. The molecule has 2 nitrogen and oxygen atoms in total. The predicted molar refractivity (Wildman–Crippen MR) is 124 cm³/mol. The Balaban J connectivity index is 1.67. The molecule has 0 unspecified atom stereocenters. The molecule has 0 fully saturated rings. The smallest absolute Gasteiger partial charge is 0.148 e. The summed E-state index contributed by atoms with van der Waals surface area (Å²) in [6, 6.07) is 18.0. The molecule has 3 aromatic rings. The molecule has 0 radical (unpaired) electrons. The van der Waals surface area contributed by atoms with Crippen LogP contribution < -0.4 is 10.1 Å². The summed E-state index contributed by atoms with van der Waals surface area (Å²) < 4.78 is 8.89. The lowest BCUT2D eigenvalue weighted by Crippen LogP contribution is -2.02. The van der Waals surface area contributed by atoms with Gasteiger partial charge in [-0.2, -0.15) is 0 Å². The highest BCUT2D eigenvalue weighted by atomic mass is 79.9. The summed E-state index contributed by atoms with van der Waals surface area (Å²) in [7, 11) is 0. The summed E-state index contributed by atoms with van der Waals surface area (Å²) in [5.74, 6) is 0.786. The molecule has 0 saturated carbocycles. The average molecular weight is 575 g/mol. The second-order valence-corrected chi connectivity index (χ2v) is 9.18. The van der Waals surface area contributed by atoms with Gasteiger partial charge in [-0.15, -0.1) is 0 Å². The van der Waals surface area contributed by atoms with Gasteiger partial charge >= 0.3 is 0 Å². The highest BCUT2D eigenvalue weighted by Crippen LogP contribution is 2.35. The Labute approximate surface area is 189 Å². The Bertz CT molecular complexity index is 922. The van der Waals surface area contributed by atoms with Crippen LogP contribution in [0.3, 0.4) is 0 Å². The van der Waals surface area contributed by atoms with Crippen molar-refractivity contribution in [2.24, 2.45) is 0 Å². The third-order valence-electron chi connectivity index (χ3n) is 4.03. The van der Waals surface area contributed by atoms with Crippen LogP contribution in [0.4, 0.5) is 5.69 Å². The second kappa shape index (κ2) is 9.46. The summed E-state index contributed by atoms with van der Waals surface area (Å²) in [6.45, 7) is 3.29. The molecule has 0 aliphatic carbocycles. The maximum atomic E-state index is 5.98. The Morgan fingerprint density at radius 1 is 0.889 bits per heavy atom. The zero-order valence-electron chi connectivity index (χ0n) is 14.5. The molecule has 0 amide bonds. The number of hydrogen-bond acceptors (Lipinski definition) is 2. The lowest BCUT2D eigenvalue weighted by atomic mass is 10.1. The molecule has 0 aliphatic heterocycles. The Morgan fingerprint density at radius 2 is 1.56 bits per heavy atom. The number of ether oxygens (including phenoxy) is 1. The fourth-order valence-electron chi connectivity index (χ4n) is 2.61. The van der Waals surface area contributed by atoms with Gasteiger partial charge in [0.05, 0.1) is 8.95 Å². The van der Waals surface area contributed by atoms with Crippen molar-refractivity contribution in [3.8, 4) is 5.75 Å². The Kier molecular flexibility index (Phi) is 7.26. The minimum absolute atomic E-state index is 0.476. The average Bonchev–Trinajstić information content (AvgIpc) is 2.62. The number of rotatable bonds is 6. The van der Waals surface area contributed by atoms with E-state index < -0.39 is 0 Å². The molecule has 27 heavy (non-hydrogen) atoms. The second-order valence-electron chi connectivity index (χ2n) is 6.12. The van der Waals surface area contributed by atoms with Crippen LogP contribution in [0.25, 0.3) is 0 Å². The molecule has 0 aromatic heterocycles. The minimum Gasteiger partial charge on any atom is -0.487 e. The van der Waals surface area contributed by atoms with Gasteiger partial charge in [-0.3, -0.25) is 0 Å². The SMILES string of the molecule is Cc1cc(Br)ccc1NCc1cc(Br)c(OCc2ccc(Cl)cc2)c(Br)c1. The highest BCUT2D eigenvalue weighted by Gasteiger charge is 2.10. The summed E-state index contributed by atoms with van der Waals surface area (Å²) in [4.78, 5) is 0. The molecule has 3 aromatic carbocycles. The monoisotopic (exact) mass is 571 g/mol. The van der Waals surface area contributed by atoms with Gasteiger partial charge in [0.25, 0.3) is 0 Å². The fraction of sp³-hybridized carbons (Fsp3) is 0.143.